The van der Waals surface area contributed by atoms with Gasteiger partial charge in [0.15, 0.2) is 0 Å². The first-order chi connectivity index (χ1) is 7.45. The molecule has 2 fully saturated rings. The minimum Gasteiger partial charge on any atom is -0.314 e. The van der Waals surface area contributed by atoms with E-state index < -0.39 is 0 Å². The summed E-state index contributed by atoms with van der Waals surface area (Å²) in [6.45, 7) is 5.58. The highest BCUT2D eigenvalue weighted by molar-refractivity contribution is 5.06. The van der Waals surface area contributed by atoms with Gasteiger partial charge < -0.3 is 5.32 Å². The molecule has 2 aliphatic rings. The zero-order chi connectivity index (χ0) is 10.3. The highest BCUT2D eigenvalue weighted by Gasteiger charge is 2.10. The van der Waals surface area contributed by atoms with Crippen LogP contribution in [0.1, 0.15) is 32.1 Å². The van der Waals surface area contributed by atoms with Gasteiger partial charge in [-0.05, 0) is 12.8 Å². The maximum Gasteiger partial charge on any atom is 0.0602 e. The fraction of sp³-hybridized carbons (Fsp3) is 0.846. The van der Waals surface area contributed by atoms with Crippen LogP contribution in [0.2, 0.25) is 0 Å². The Morgan fingerprint density at radius 3 is 2.53 bits per heavy atom. The molecule has 15 heavy (non-hydrogen) atoms. The van der Waals surface area contributed by atoms with E-state index in [1.807, 2.05) is 0 Å². The maximum atomic E-state index is 3.46. The van der Waals surface area contributed by atoms with Gasteiger partial charge in [0.25, 0.3) is 0 Å². The summed E-state index contributed by atoms with van der Waals surface area (Å²) in [4.78, 5) is 2.45. The van der Waals surface area contributed by atoms with Crippen LogP contribution in [-0.4, -0.2) is 37.6 Å². The van der Waals surface area contributed by atoms with Crippen LogP contribution in [0.25, 0.3) is 0 Å². The summed E-state index contributed by atoms with van der Waals surface area (Å²) in [5.41, 5.74) is 0. The molecule has 0 bridgehead atoms. The molecule has 1 heterocycles. The van der Waals surface area contributed by atoms with Crippen molar-refractivity contribution < 1.29 is 0 Å². The molecule has 84 valence electrons. The molecule has 1 aliphatic carbocycles. The molecule has 1 saturated carbocycles. The van der Waals surface area contributed by atoms with Crippen LogP contribution in [0.15, 0.2) is 0 Å². The number of rotatable bonds is 1. The Kier molecular flexibility index (Phi) is 4.50. The summed E-state index contributed by atoms with van der Waals surface area (Å²) in [7, 11) is 0. The number of hydrogen-bond donors (Lipinski definition) is 1. The van der Waals surface area contributed by atoms with E-state index >= 15 is 0 Å². The normalized spacial score (nSPS) is 24.5. The van der Waals surface area contributed by atoms with Gasteiger partial charge in [-0.3, -0.25) is 4.90 Å². The third kappa shape index (κ3) is 3.85. The van der Waals surface area contributed by atoms with E-state index in [9.17, 15) is 0 Å². The lowest BCUT2D eigenvalue weighted by Crippen LogP contribution is -2.43. The Morgan fingerprint density at radius 2 is 1.80 bits per heavy atom. The van der Waals surface area contributed by atoms with Crippen LogP contribution in [0.4, 0.5) is 0 Å². The monoisotopic (exact) mass is 206 g/mol. The van der Waals surface area contributed by atoms with E-state index in [1.54, 1.807) is 0 Å². The molecule has 1 aliphatic heterocycles. The Balaban J connectivity index is 1.68. The maximum absolute atomic E-state index is 3.46. The van der Waals surface area contributed by atoms with Crippen molar-refractivity contribution in [2.75, 3.05) is 32.7 Å². The lowest BCUT2D eigenvalue weighted by Gasteiger charge is -2.25. The summed E-state index contributed by atoms with van der Waals surface area (Å²) < 4.78 is 0. The van der Waals surface area contributed by atoms with Gasteiger partial charge in [0, 0.05) is 32.1 Å². The number of hydrogen-bond acceptors (Lipinski definition) is 2. The molecule has 0 unspecified atom stereocenters. The van der Waals surface area contributed by atoms with E-state index in [2.05, 4.69) is 22.1 Å². The number of nitrogens with zero attached hydrogens (tertiary/aromatic N) is 1. The molecule has 0 aromatic heterocycles. The molecule has 0 aromatic rings. The molecular weight excluding hydrogens is 184 g/mol. The zero-order valence-electron chi connectivity index (χ0n) is 9.60. The first-order valence-corrected chi connectivity index (χ1v) is 6.36. The Bertz CT molecular complexity index is 227. The first-order valence-electron chi connectivity index (χ1n) is 6.36. The van der Waals surface area contributed by atoms with Gasteiger partial charge in [-0.15, -0.1) is 0 Å². The quantitative estimate of drug-likeness (QED) is 0.654. The van der Waals surface area contributed by atoms with Gasteiger partial charge in [0.2, 0.25) is 0 Å². The van der Waals surface area contributed by atoms with Crippen LogP contribution in [0.5, 0.6) is 0 Å². The van der Waals surface area contributed by atoms with E-state index in [-0.39, 0.29) is 0 Å². The van der Waals surface area contributed by atoms with Gasteiger partial charge in [-0.1, -0.05) is 31.1 Å². The molecule has 0 atom stereocenters. The second-order valence-electron chi connectivity index (χ2n) is 4.68. The minimum absolute atomic E-state index is 0.710. The smallest absolute Gasteiger partial charge is 0.0602 e. The molecule has 2 nitrogen and oxygen atoms in total. The summed E-state index contributed by atoms with van der Waals surface area (Å²) in [5, 5.41) is 3.36. The molecule has 2 heteroatoms. The summed E-state index contributed by atoms with van der Waals surface area (Å²) in [5.74, 6) is 7.54. The van der Waals surface area contributed by atoms with Gasteiger partial charge in [-0.25, -0.2) is 0 Å². The van der Waals surface area contributed by atoms with Gasteiger partial charge >= 0.3 is 0 Å². The van der Waals surface area contributed by atoms with Crippen LogP contribution < -0.4 is 5.32 Å². The number of piperazine rings is 1. The fourth-order valence-corrected chi connectivity index (χ4v) is 2.42. The number of nitrogens with one attached hydrogen (secondary N) is 1. The molecule has 0 amide bonds. The van der Waals surface area contributed by atoms with E-state index in [4.69, 9.17) is 0 Å². The van der Waals surface area contributed by atoms with Crippen molar-refractivity contribution in [1.29, 1.82) is 0 Å². The minimum atomic E-state index is 0.710. The topological polar surface area (TPSA) is 15.3 Å². The Hall–Kier alpha value is -0.520. The average molecular weight is 206 g/mol. The van der Waals surface area contributed by atoms with Crippen molar-refractivity contribution in [3.05, 3.63) is 0 Å². The van der Waals surface area contributed by atoms with Crippen LogP contribution in [0, 0.1) is 17.8 Å². The average Bonchev–Trinajstić information content (AvgIpc) is 2.32. The Morgan fingerprint density at radius 1 is 1.07 bits per heavy atom. The SMILES string of the molecule is C(#CC1CCCCC1)CN1CCNCC1. The highest BCUT2D eigenvalue weighted by Crippen LogP contribution is 2.22. The largest absolute Gasteiger partial charge is 0.314 e. The van der Waals surface area contributed by atoms with E-state index in [0.717, 1.165) is 19.6 Å². The lowest BCUT2D eigenvalue weighted by molar-refractivity contribution is 0.268. The van der Waals surface area contributed by atoms with Crippen LogP contribution in [-0.2, 0) is 0 Å². The van der Waals surface area contributed by atoms with Crippen molar-refractivity contribution in [2.45, 2.75) is 32.1 Å². The third-order valence-corrected chi connectivity index (χ3v) is 3.42. The van der Waals surface area contributed by atoms with Crippen molar-refractivity contribution in [3.63, 3.8) is 0 Å². The molecule has 2 rings (SSSR count). The fourth-order valence-electron chi connectivity index (χ4n) is 2.42. The van der Waals surface area contributed by atoms with Gasteiger partial charge in [0.1, 0.15) is 0 Å². The van der Waals surface area contributed by atoms with Crippen molar-refractivity contribution in [2.24, 2.45) is 5.92 Å². The highest BCUT2D eigenvalue weighted by atomic mass is 15.2. The summed E-state index contributed by atoms with van der Waals surface area (Å²) in [6.07, 6.45) is 6.90. The summed E-state index contributed by atoms with van der Waals surface area (Å²) in [6, 6.07) is 0. The van der Waals surface area contributed by atoms with Crippen molar-refractivity contribution in [1.82, 2.24) is 10.2 Å². The summed E-state index contributed by atoms with van der Waals surface area (Å²) >= 11 is 0. The van der Waals surface area contributed by atoms with Gasteiger partial charge in [-0.2, -0.15) is 0 Å². The lowest BCUT2D eigenvalue weighted by atomic mass is 9.90. The van der Waals surface area contributed by atoms with Crippen molar-refractivity contribution >= 4 is 0 Å². The molecule has 0 spiro atoms. The third-order valence-electron chi connectivity index (χ3n) is 3.42. The predicted molar refractivity (Wildman–Crippen MR) is 63.7 cm³/mol. The molecule has 1 N–H and O–H groups in total. The second-order valence-corrected chi connectivity index (χ2v) is 4.68. The van der Waals surface area contributed by atoms with E-state index in [0.29, 0.717) is 5.92 Å². The zero-order valence-corrected chi connectivity index (χ0v) is 9.60. The molecule has 0 aromatic carbocycles. The standard InChI is InChI=1S/C13H22N2/c1-2-5-13(6-3-1)7-4-10-15-11-8-14-9-12-15/h13-14H,1-3,5-6,8-12H2. The van der Waals surface area contributed by atoms with Crippen LogP contribution in [0.3, 0.4) is 0 Å². The molecule has 0 radical (unpaired) electrons. The van der Waals surface area contributed by atoms with E-state index in [1.165, 1.54) is 45.2 Å². The first kappa shape index (κ1) is 11.0. The second kappa shape index (κ2) is 6.15. The molecule has 1 saturated heterocycles. The van der Waals surface area contributed by atoms with Gasteiger partial charge in [0.05, 0.1) is 6.54 Å². The predicted octanol–water partition coefficient (Wildman–Crippen LogP) is 1.48. The van der Waals surface area contributed by atoms with Crippen molar-refractivity contribution in [3.8, 4) is 11.8 Å². The van der Waals surface area contributed by atoms with Crippen LogP contribution >= 0.6 is 0 Å². The molecular formula is C13H22N2. The Labute approximate surface area is 93.4 Å².